The van der Waals surface area contributed by atoms with Gasteiger partial charge in [0.05, 0.1) is 30.0 Å². The predicted molar refractivity (Wildman–Crippen MR) is 128 cm³/mol. The van der Waals surface area contributed by atoms with Gasteiger partial charge in [-0.05, 0) is 30.3 Å². The summed E-state index contributed by atoms with van der Waals surface area (Å²) >= 11 is 13.7. The van der Waals surface area contributed by atoms with Crippen LogP contribution in [-0.2, 0) is 10.0 Å². The third-order valence-corrected chi connectivity index (χ3v) is 8.99. The maximum Gasteiger partial charge on any atom is 0.244 e. The van der Waals surface area contributed by atoms with Gasteiger partial charge in [-0.15, -0.1) is 11.3 Å². The molecular formula is C21H21Cl2N3O4S2. The van der Waals surface area contributed by atoms with E-state index in [9.17, 15) is 8.42 Å². The molecule has 1 saturated heterocycles. The highest BCUT2D eigenvalue weighted by Crippen LogP contribution is 2.36. The first-order valence-electron chi connectivity index (χ1n) is 9.72. The van der Waals surface area contributed by atoms with Gasteiger partial charge in [0.2, 0.25) is 10.0 Å². The summed E-state index contributed by atoms with van der Waals surface area (Å²) in [6.45, 7) is 1.67. The van der Waals surface area contributed by atoms with Gasteiger partial charge in [-0.1, -0.05) is 29.3 Å². The molecule has 4 rings (SSSR count). The molecule has 11 heteroatoms. The first kappa shape index (κ1) is 23.1. The molecular weight excluding hydrogens is 493 g/mol. The van der Waals surface area contributed by atoms with Crippen LogP contribution in [0, 0.1) is 0 Å². The van der Waals surface area contributed by atoms with Crippen molar-refractivity contribution in [2.45, 2.75) is 4.90 Å². The van der Waals surface area contributed by atoms with E-state index in [2.05, 4.69) is 4.90 Å². The van der Waals surface area contributed by atoms with Crippen LogP contribution < -0.4 is 14.4 Å². The average Bonchev–Trinajstić information content (AvgIpc) is 3.30. The molecule has 7 nitrogen and oxygen atoms in total. The van der Waals surface area contributed by atoms with Gasteiger partial charge in [-0.2, -0.15) is 4.31 Å². The molecule has 0 spiro atoms. The Morgan fingerprint density at radius 1 is 1.03 bits per heavy atom. The van der Waals surface area contributed by atoms with E-state index in [0.717, 1.165) is 16.4 Å². The van der Waals surface area contributed by atoms with Crippen LogP contribution in [0.3, 0.4) is 0 Å². The second-order valence-electron chi connectivity index (χ2n) is 7.02. The molecule has 0 bridgehead atoms. The monoisotopic (exact) mass is 513 g/mol. The van der Waals surface area contributed by atoms with Crippen molar-refractivity contribution in [3.8, 4) is 22.8 Å². The van der Waals surface area contributed by atoms with Gasteiger partial charge in [0.15, 0.2) is 5.13 Å². The number of piperazine rings is 1. The number of anilines is 1. The number of rotatable bonds is 6. The fraction of sp³-hybridized carbons (Fsp3) is 0.286. The quantitative estimate of drug-likeness (QED) is 0.477. The van der Waals surface area contributed by atoms with Crippen LogP contribution in [0.4, 0.5) is 5.13 Å². The SMILES string of the molecule is COc1ccc(OC)c(-c2csc(N3CCN(S(=O)(=O)c4cccc(Cl)c4Cl)CC3)n2)c1. The predicted octanol–water partition coefficient (Wildman–Crippen LogP) is 4.65. The van der Waals surface area contributed by atoms with Gasteiger partial charge in [0.25, 0.3) is 0 Å². The summed E-state index contributed by atoms with van der Waals surface area (Å²) in [6, 6.07) is 10.2. The van der Waals surface area contributed by atoms with E-state index in [1.54, 1.807) is 26.4 Å². The van der Waals surface area contributed by atoms with E-state index in [0.29, 0.717) is 37.7 Å². The standard InChI is InChI=1S/C21H21Cl2N3O4S2/c1-29-14-6-7-18(30-2)15(12-14)17-13-31-21(24-17)25-8-10-26(11-9-25)32(27,28)19-5-3-4-16(22)20(19)23/h3-7,12-13H,8-11H2,1-2H3. The largest absolute Gasteiger partial charge is 0.497 e. The molecule has 0 amide bonds. The Bertz CT molecular complexity index is 1230. The molecule has 1 aliphatic heterocycles. The first-order valence-corrected chi connectivity index (χ1v) is 12.8. The van der Waals surface area contributed by atoms with Gasteiger partial charge in [-0.3, -0.25) is 0 Å². The molecule has 0 N–H and O–H groups in total. The molecule has 0 aliphatic carbocycles. The molecule has 2 aromatic carbocycles. The molecule has 2 heterocycles. The summed E-state index contributed by atoms with van der Waals surface area (Å²) in [7, 11) is -0.504. The Labute approximate surface area is 201 Å². The minimum atomic E-state index is -3.73. The lowest BCUT2D eigenvalue weighted by Crippen LogP contribution is -2.48. The van der Waals surface area contributed by atoms with E-state index < -0.39 is 10.0 Å². The third kappa shape index (κ3) is 4.40. The molecule has 3 aromatic rings. The van der Waals surface area contributed by atoms with E-state index in [1.165, 1.54) is 21.7 Å². The van der Waals surface area contributed by atoms with Crippen molar-refractivity contribution in [1.82, 2.24) is 9.29 Å². The van der Waals surface area contributed by atoms with Gasteiger partial charge >= 0.3 is 0 Å². The lowest BCUT2D eigenvalue weighted by molar-refractivity contribution is 0.385. The van der Waals surface area contributed by atoms with Crippen molar-refractivity contribution in [2.24, 2.45) is 0 Å². The van der Waals surface area contributed by atoms with E-state index in [4.69, 9.17) is 37.7 Å². The highest BCUT2D eigenvalue weighted by molar-refractivity contribution is 7.89. The number of benzene rings is 2. The van der Waals surface area contributed by atoms with Gasteiger partial charge in [0, 0.05) is 37.1 Å². The van der Waals surface area contributed by atoms with Crippen LogP contribution in [0.1, 0.15) is 0 Å². The summed E-state index contributed by atoms with van der Waals surface area (Å²) in [4.78, 5) is 6.87. The van der Waals surface area contributed by atoms with Crippen molar-refractivity contribution >= 4 is 49.7 Å². The van der Waals surface area contributed by atoms with E-state index in [-0.39, 0.29) is 14.9 Å². The van der Waals surface area contributed by atoms with Gasteiger partial charge < -0.3 is 14.4 Å². The summed E-state index contributed by atoms with van der Waals surface area (Å²) < 4.78 is 38.3. The lowest BCUT2D eigenvalue weighted by atomic mass is 10.1. The van der Waals surface area contributed by atoms with Crippen LogP contribution in [0.2, 0.25) is 10.0 Å². The van der Waals surface area contributed by atoms with Crippen molar-refractivity contribution in [1.29, 1.82) is 0 Å². The minimum Gasteiger partial charge on any atom is -0.497 e. The second kappa shape index (κ2) is 9.44. The third-order valence-electron chi connectivity index (χ3n) is 5.22. The van der Waals surface area contributed by atoms with E-state index in [1.807, 2.05) is 23.6 Å². The number of aromatic nitrogens is 1. The van der Waals surface area contributed by atoms with E-state index >= 15 is 0 Å². The highest BCUT2D eigenvalue weighted by Gasteiger charge is 2.31. The zero-order valence-electron chi connectivity index (χ0n) is 17.4. The fourth-order valence-corrected chi connectivity index (χ4v) is 6.53. The summed E-state index contributed by atoms with van der Waals surface area (Å²) in [6.07, 6.45) is 0. The highest BCUT2D eigenvalue weighted by atomic mass is 35.5. The van der Waals surface area contributed by atoms with Crippen molar-refractivity contribution < 1.29 is 17.9 Å². The Morgan fingerprint density at radius 3 is 2.47 bits per heavy atom. The number of sulfonamides is 1. The van der Waals surface area contributed by atoms with Crippen molar-refractivity contribution in [2.75, 3.05) is 45.3 Å². The van der Waals surface area contributed by atoms with Crippen LogP contribution in [0.15, 0.2) is 46.7 Å². The van der Waals surface area contributed by atoms with Crippen molar-refractivity contribution in [3.05, 3.63) is 51.8 Å². The molecule has 1 fully saturated rings. The number of methoxy groups -OCH3 is 2. The minimum absolute atomic E-state index is 0.0294. The zero-order chi connectivity index (χ0) is 22.9. The molecule has 1 aromatic heterocycles. The first-order chi connectivity index (χ1) is 15.3. The molecule has 170 valence electrons. The Balaban J connectivity index is 1.50. The smallest absolute Gasteiger partial charge is 0.244 e. The Hall–Kier alpha value is -2.04. The number of ether oxygens (including phenoxy) is 2. The summed E-state index contributed by atoms with van der Waals surface area (Å²) in [5.74, 6) is 1.42. The van der Waals surface area contributed by atoms with Crippen molar-refractivity contribution in [3.63, 3.8) is 0 Å². The van der Waals surface area contributed by atoms with Crippen LogP contribution >= 0.6 is 34.5 Å². The summed E-state index contributed by atoms with van der Waals surface area (Å²) in [5, 5.41) is 3.05. The number of halogens is 2. The number of thiazole rings is 1. The lowest BCUT2D eigenvalue weighted by Gasteiger charge is -2.34. The number of hydrogen-bond donors (Lipinski definition) is 0. The normalized spacial score (nSPS) is 15.1. The van der Waals surface area contributed by atoms with Gasteiger partial charge in [0.1, 0.15) is 16.4 Å². The fourth-order valence-electron chi connectivity index (χ4n) is 3.49. The zero-order valence-corrected chi connectivity index (χ0v) is 20.6. The molecule has 0 unspecified atom stereocenters. The van der Waals surface area contributed by atoms with Crippen LogP contribution in [0.25, 0.3) is 11.3 Å². The molecule has 0 atom stereocenters. The summed E-state index contributed by atoms with van der Waals surface area (Å²) in [5.41, 5.74) is 1.62. The molecule has 0 saturated carbocycles. The maximum atomic E-state index is 13.0. The molecule has 0 radical (unpaired) electrons. The van der Waals surface area contributed by atoms with Gasteiger partial charge in [-0.25, -0.2) is 13.4 Å². The molecule has 32 heavy (non-hydrogen) atoms. The van der Waals surface area contributed by atoms with Crippen LogP contribution in [0.5, 0.6) is 11.5 Å². The van der Waals surface area contributed by atoms with Crippen LogP contribution in [-0.4, -0.2) is 58.1 Å². The molecule has 1 aliphatic rings. The average molecular weight is 514 g/mol. The second-order valence-corrected chi connectivity index (χ2v) is 10.6. The number of nitrogens with zero attached hydrogens (tertiary/aromatic N) is 3. The Kier molecular flexibility index (Phi) is 6.83. The Morgan fingerprint density at radius 2 is 1.78 bits per heavy atom. The topological polar surface area (TPSA) is 72.0 Å². The number of hydrogen-bond acceptors (Lipinski definition) is 7. The maximum absolute atomic E-state index is 13.0.